The van der Waals surface area contributed by atoms with Crippen molar-refractivity contribution in [1.82, 2.24) is 4.90 Å². The van der Waals surface area contributed by atoms with E-state index in [9.17, 15) is 14.7 Å². The maximum atomic E-state index is 12.5. The van der Waals surface area contributed by atoms with Crippen LogP contribution >= 0.6 is 0 Å². The number of aliphatic carboxylic acids is 1. The summed E-state index contributed by atoms with van der Waals surface area (Å²) in [6.07, 6.45) is 3.97. The molecule has 1 heterocycles. The topological polar surface area (TPSA) is 83.6 Å². The molecular formula is C16H30N2O3. The molecule has 0 aromatic rings. The molecule has 122 valence electrons. The highest BCUT2D eigenvalue weighted by atomic mass is 16.4. The van der Waals surface area contributed by atoms with Crippen molar-refractivity contribution in [2.75, 3.05) is 13.1 Å². The summed E-state index contributed by atoms with van der Waals surface area (Å²) in [5, 5.41) is 9.52. The standard InChI is InChI=1S/C16H30N2O3/c1-4-16(15(20)21)9-5-11-18(16)14(19)7-6-13(8-10-17)12(2)3/h12-13H,4-11,17H2,1-3H3,(H,20,21). The van der Waals surface area contributed by atoms with Gasteiger partial charge in [0.25, 0.3) is 0 Å². The van der Waals surface area contributed by atoms with E-state index in [4.69, 9.17) is 5.73 Å². The van der Waals surface area contributed by atoms with Gasteiger partial charge in [0.05, 0.1) is 0 Å². The summed E-state index contributed by atoms with van der Waals surface area (Å²) >= 11 is 0. The van der Waals surface area contributed by atoms with Crippen molar-refractivity contribution in [2.24, 2.45) is 17.6 Å². The molecule has 1 rings (SSSR count). The molecule has 0 aliphatic carbocycles. The van der Waals surface area contributed by atoms with Crippen LogP contribution in [0.4, 0.5) is 0 Å². The highest BCUT2D eigenvalue weighted by Gasteiger charge is 2.48. The van der Waals surface area contributed by atoms with Gasteiger partial charge < -0.3 is 15.7 Å². The van der Waals surface area contributed by atoms with Crippen molar-refractivity contribution in [1.29, 1.82) is 0 Å². The minimum atomic E-state index is -0.974. The minimum Gasteiger partial charge on any atom is -0.479 e. The Balaban J connectivity index is 2.68. The van der Waals surface area contributed by atoms with Gasteiger partial charge >= 0.3 is 5.97 Å². The molecule has 5 nitrogen and oxygen atoms in total. The summed E-state index contributed by atoms with van der Waals surface area (Å²) in [4.78, 5) is 25.7. The molecule has 2 unspecified atom stereocenters. The summed E-state index contributed by atoms with van der Waals surface area (Å²) in [7, 11) is 0. The fourth-order valence-corrected chi connectivity index (χ4v) is 3.45. The van der Waals surface area contributed by atoms with Crippen molar-refractivity contribution < 1.29 is 14.7 Å². The van der Waals surface area contributed by atoms with Crippen LogP contribution in [0.5, 0.6) is 0 Å². The second kappa shape index (κ2) is 7.78. The Bertz CT molecular complexity index is 371. The van der Waals surface area contributed by atoms with Crippen molar-refractivity contribution in [2.45, 2.75) is 64.8 Å². The lowest BCUT2D eigenvalue weighted by atomic mass is 9.87. The molecular weight excluding hydrogens is 268 g/mol. The fourth-order valence-electron chi connectivity index (χ4n) is 3.45. The summed E-state index contributed by atoms with van der Waals surface area (Å²) < 4.78 is 0. The molecule has 1 amide bonds. The second-order valence-corrected chi connectivity index (χ2v) is 6.46. The van der Waals surface area contributed by atoms with Crippen LogP contribution in [0.2, 0.25) is 0 Å². The Hall–Kier alpha value is -1.10. The monoisotopic (exact) mass is 298 g/mol. The first-order chi connectivity index (χ1) is 9.89. The number of amides is 1. The molecule has 2 atom stereocenters. The number of nitrogens with zero attached hydrogens (tertiary/aromatic N) is 1. The van der Waals surface area contributed by atoms with Crippen molar-refractivity contribution in [3.8, 4) is 0 Å². The van der Waals surface area contributed by atoms with E-state index in [1.807, 2.05) is 6.92 Å². The van der Waals surface area contributed by atoms with Crippen LogP contribution in [-0.2, 0) is 9.59 Å². The van der Waals surface area contributed by atoms with Crippen LogP contribution < -0.4 is 5.73 Å². The molecule has 1 aliphatic rings. The zero-order chi connectivity index (χ0) is 16.0. The van der Waals surface area contributed by atoms with Crippen molar-refractivity contribution in [3.05, 3.63) is 0 Å². The summed E-state index contributed by atoms with van der Waals surface area (Å²) in [5.74, 6) is 0.0513. The van der Waals surface area contributed by atoms with E-state index in [-0.39, 0.29) is 5.91 Å². The Labute approximate surface area is 127 Å². The molecule has 1 fully saturated rings. The number of hydrogen-bond donors (Lipinski definition) is 2. The summed E-state index contributed by atoms with van der Waals surface area (Å²) in [6, 6.07) is 0. The number of carboxylic acid groups (broad SMARTS) is 1. The van der Waals surface area contributed by atoms with Crippen LogP contribution in [0.1, 0.15) is 59.3 Å². The maximum absolute atomic E-state index is 12.5. The predicted molar refractivity (Wildman–Crippen MR) is 82.8 cm³/mol. The van der Waals surface area contributed by atoms with Crippen LogP contribution in [-0.4, -0.2) is 40.5 Å². The minimum absolute atomic E-state index is 0.0144. The van der Waals surface area contributed by atoms with E-state index in [2.05, 4.69) is 13.8 Å². The molecule has 1 saturated heterocycles. The zero-order valence-corrected chi connectivity index (χ0v) is 13.6. The van der Waals surface area contributed by atoms with Crippen LogP contribution in [0.3, 0.4) is 0 Å². The molecule has 0 aromatic heterocycles. The van der Waals surface area contributed by atoms with Gasteiger partial charge in [0.1, 0.15) is 5.54 Å². The quantitative estimate of drug-likeness (QED) is 0.720. The third-order valence-electron chi connectivity index (χ3n) is 4.98. The van der Waals surface area contributed by atoms with Gasteiger partial charge in [-0.1, -0.05) is 20.8 Å². The first-order valence-electron chi connectivity index (χ1n) is 8.13. The van der Waals surface area contributed by atoms with Crippen LogP contribution in [0.25, 0.3) is 0 Å². The maximum Gasteiger partial charge on any atom is 0.329 e. The van der Waals surface area contributed by atoms with E-state index in [1.165, 1.54) is 0 Å². The van der Waals surface area contributed by atoms with Gasteiger partial charge in [-0.3, -0.25) is 4.79 Å². The Morgan fingerprint density at radius 3 is 2.48 bits per heavy atom. The number of carbonyl (C=O) groups excluding carboxylic acids is 1. The van der Waals surface area contributed by atoms with Gasteiger partial charge in [-0.25, -0.2) is 4.79 Å². The Kier molecular flexibility index (Phi) is 6.65. The van der Waals surface area contributed by atoms with E-state index in [0.29, 0.717) is 44.2 Å². The third-order valence-corrected chi connectivity index (χ3v) is 4.98. The Morgan fingerprint density at radius 2 is 2.00 bits per heavy atom. The summed E-state index contributed by atoms with van der Waals surface area (Å²) in [6.45, 7) is 7.35. The van der Waals surface area contributed by atoms with Gasteiger partial charge in [-0.2, -0.15) is 0 Å². The second-order valence-electron chi connectivity index (χ2n) is 6.46. The number of hydrogen-bond acceptors (Lipinski definition) is 3. The lowest BCUT2D eigenvalue weighted by molar-refractivity contribution is -0.157. The van der Waals surface area contributed by atoms with Crippen LogP contribution in [0.15, 0.2) is 0 Å². The number of likely N-dealkylation sites (tertiary alicyclic amines) is 1. The lowest BCUT2D eigenvalue weighted by Gasteiger charge is -2.34. The van der Waals surface area contributed by atoms with Gasteiger partial charge in [0.15, 0.2) is 0 Å². The molecule has 0 aromatic carbocycles. The SMILES string of the molecule is CCC1(C(=O)O)CCCN1C(=O)CCC(CCN)C(C)C. The largest absolute Gasteiger partial charge is 0.479 e. The molecule has 0 saturated carbocycles. The van der Waals surface area contributed by atoms with E-state index >= 15 is 0 Å². The van der Waals surface area contributed by atoms with Gasteiger partial charge in [-0.15, -0.1) is 0 Å². The van der Waals surface area contributed by atoms with Crippen molar-refractivity contribution >= 4 is 11.9 Å². The average molecular weight is 298 g/mol. The first kappa shape index (κ1) is 18.0. The van der Waals surface area contributed by atoms with E-state index in [1.54, 1.807) is 4.90 Å². The average Bonchev–Trinajstić information content (AvgIpc) is 2.87. The number of rotatable bonds is 8. The lowest BCUT2D eigenvalue weighted by Crippen LogP contribution is -2.52. The molecule has 0 spiro atoms. The smallest absolute Gasteiger partial charge is 0.329 e. The highest BCUT2D eigenvalue weighted by molar-refractivity contribution is 5.87. The normalized spacial score (nSPS) is 23.6. The molecule has 21 heavy (non-hydrogen) atoms. The Morgan fingerprint density at radius 1 is 1.33 bits per heavy atom. The van der Waals surface area contributed by atoms with E-state index in [0.717, 1.165) is 19.3 Å². The number of carboxylic acids is 1. The summed E-state index contributed by atoms with van der Waals surface area (Å²) in [5.41, 5.74) is 4.65. The van der Waals surface area contributed by atoms with Crippen molar-refractivity contribution in [3.63, 3.8) is 0 Å². The molecule has 1 aliphatic heterocycles. The molecule has 0 bridgehead atoms. The third kappa shape index (κ3) is 3.96. The molecule has 5 heteroatoms. The van der Waals surface area contributed by atoms with Gasteiger partial charge in [0.2, 0.25) is 5.91 Å². The van der Waals surface area contributed by atoms with Crippen LogP contribution in [0, 0.1) is 11.8 Å². The van der Waals surface area contributed by atoms with Gasteiger partial charge in [0, 0.05) is 13.0 Å². The number of carbonyl (C=O) groups is 2. The zero-order valence-electron chi connectivity index (χ0n) is 13.6. The number of nitrogens with two attached hydrogens (primary N) is 1. The van der Waals surface area contributed by atoms with Gasteiger partial charge in [-0.05, 0) is 50.5 Å². The highest BCUT2D eigenvalue weighted by Crippen LogP contribution is 2.34. The first-order valence-corrected chi connectivity index (χ1v) is 8.13. The predicted octanol–water partition coefficient (Wildman–Crippen LogP) is 2.24. The van der Waals surface area contributed by atoms with E-state index < -0.39 is 11.5 Å². The molecule has 0 radical (unpaired) electrons. The molecule has 3 N–H and O–H groups in total. The fraction of sp³-hybridized carbons (Fsp3) is 0.875.